The lowest BCUT2D eigenvalue weighted by atomic mass is 9.92. The second-order valence-electron chi connectivity index (χ2n) is 5.05. The number of fused-ring (bicyclic) bond motifs is 1. The molecular weight excluding hydrogens is 234 g/mol. The molecular formula is C13H18ClN3. The summed E-state index contributed by atoms with van der Waals surface area (Å²) in [7, 11) is 0. The summed E-state index contributed by atoms with van der Waals surface area (Å²) in [6.07, 6.45) is 4.43. The van der Waals surface area contributed by atoms with Crippen LogP contribution < -0.4 is 5.32 Å². The first-order chi connectivity index (χ1) is 8.34. The molecule has 3 rings (SSSR count). The minimum atomic E-state index is 0.653. The van der Waals surface area contributed by atoms with E-state index in [4.69, 9.17) is 11.6 Å². The fourth-order valence-electron chi connectivity index (χ4n) is 3.12. The Bertz CT molecular complexity index is 396. The van der Waals surface area contributed by atoms with E-state index in [0.717, 1.165) is 24.6 Å². The minimum Gasteiger partial charge on any atom is -0.315 e. The zero-order chi connectivity index (χ0) is 11.7. The predicted molar refractivity (Wildman–Crippen MR) is 69.0 cm³/mol. The number of aromatic nitrogens is 1. The van der Waals surface area contributed by atoms with Crippen LogP contribution in [0.2, 0.25) is 5.15 Å². The average molecular weight is 252 g/mol. The van der Waals surface area contributed by atoms with E-state index in [2.05, 4.69) is 21.3 Å². The summed E-state index contributed by atoms with van der Waals surface area (Å²) in [6, 6.07) is 4.75. The SMILES string of the molecule is Clc1ncccc1CN1CCCC2CNCC21. The summed E-state index contributed by atoms with van der Waals surface area (Å²) < 4.78 is 0. The maximum Gasteiger partial charge on any atom is 0.133 e. The maximum absolute atomic E-state index is 6.13. The fourth-order valence-corrected chi connectivity index (χ4v) is 3.29. The highest BCUT2D eigenvalue weighted by Crippen LogP contribution is 2.28. The summed E-state index contributed by atoms with van der Waals surface area (Å²) in [5, 5.41) is 4.16. The molecule has 2 saturated heterocycles. The molecule has 0 aromatic carbocycles. The third-order valence-corrected chi connectivity index (χ3v) is 4.34. The molecule has 92 valence electrons. The van der Waals surface area contributed by atoms with Crippen LogP contribution in [-0.2, 0) is 6.54 Å². The van der Waals surface area contributed by atoms with Gasteiger partial charge in [-0.15, -0.1) is 0 Å². The Labute approximate surface area is 107 Å². The lowest BCUT2D eigenvalue weighted by Gasteiger charge is -2.37. The van der Waals surface area contributed by atoms with E-state index >= 15 is 0 Å². The number of piperidine rings is 1. The number of hydrogen-bond acceptors (Lipinski definition) is 3. The zero-order valence-electron chi connectivity index (χ0n) is 9.90. The van der Waals surface area contributed by atoms with Gasteiger partial charge in [0, 0.05) is 30.9 Å². The Hall–Kier alpha value is -0.640. The van der Waals surface area contributed by atoms with E-state index in [-0.39, 0.29) is 0 Å². The smallest absolute Gasteiger partial charge is 0.133 e. The Balaban J connectivity index is 1.74. The molecule has 2 atom stereocenters. The highest BCUT2D eigenvalue weighted by atomic mass is 35.5. The Kier molecular flexibility index (Phi) is 3.32. The number of halogens is 1. The quantitative estimate of drug-likeness (QED) is 0.814. The topological polar surface area (TPSA) is 28.2 Å². The van der Waals surface area contributed by atoms with Gasteiger partial charge in [0.15, 0.2) is 0 Å². The lowest BCUT2D eigenvalue weighted by molar-refractivity contribution is 0.117. The third kappa shape index (κ3) is 2.32. The van der Waals surface area contributed by atoms with Crippen molar-refractivity contribution in [1.82, 2.24) is 15.2 Å². The van der Waals surface area contributed by atoms with Gasteiger partial charge in [0.05, 0.1) is 0 Å². The van der Waals surface area contributed by atoms with Crippen molar-refractivity contribution in [3.05, 3.63) is 29.0 Å². The van der Waals surface area contributed by atoms with Gasteiger partial charge in [-0.3, -0.25) is 4.90 Å². The molecule has 1 aromatic rings. The van der Waals surface area contributed by atoms with Gasteiger partial charge >= 0.3 is 0 Å². The Morgan fingerprint density at radius 1 is 1.47 bits per heavy atom. The second kappa shape index (κ2) is 4.92. The molecule has 2 aliphatic heterocycles. The van der Waals surface area contributed by atoms with Gasteiger partial charge in [-0.05, 0) is 37.9 Å². The van der Waals surface area contributed by atoms with Crippen molar-refractivity contribution >= 4 is 11.6 Å². The van der Waals surface area contributed by atoms with E-state index in [1.165, 1.54) is 25.9 Å². The highest BCUT2D eigenvalue weighted by Gasteiger charge is 2.34. The first kappa shape index (κ1) is 11.5. The van der Waals surface area contributed by atoms with Gasteiger partial charge < -0.3 is 5.32 Å². The summed E-state index contributed by atoms with van der Waals surface area (Å²) in [5.41, 5.74) is 1.15. The summed E-state index contributed by atoms with van der Waals surface area (Å²) in [6.45, 7) is 4.44. The van der Waals surface area contributed by atoms with E-state index < -0.39 is 0 Å². The Morgan fingerprint density at radius 2 is 2.41 bits per heavy atom. The van der Waals surface area contributed by atoms with Gasteiger partial charge in [-0.2, -0.15) is 0 Å². The summed E-state index contributed by atoms with van der Waals surface area (Å²) >= 11 is 6.13. The first-order valence-corrected chi connectivity index (χ1v) is 6.76. The average Bonchev–Trinajstić information content (AvgIpc) is 2.81. The standard InChI is InChI=1S/C13H18ClN3/c14-13-11(3-1-5-16-13)9-17-6-2-4-10-7-15-8-12(10)17/h1,3,5,10,12,15H,2,4,6-9H2. The van der Waals surface area contributed by atoms with Gasteiger partial charge in [0.2, 0.25) is 0 Å². The molecule has 4 heteroatoms. The van der Waals surface area contributed by atoms with Crippen LogP contribution in [0.4, 0.5) is 0 Å². The molecule has 1 N–H and O–H groups in total. The zero-order valence-corrected chi connectivity index (χ0v) is 10.7. The van der Waals surface area contributed by atoms with Crippen molar-refractivity contribution in [2.24, 2.45) is 5.92 Å². The molecule has 0 aliphatic carbocycles. The van der Waals surface area contributed by atoms with E-state index in [9.17, 15) is 0 Å². The molecule has 0 spiro atoms. The highest BCUT2D eigenvalue weighted by molar-refractivity contribution is 6.30. The third-order valence-electron chi connectivity index (χ3n) is 4.00. The van der Waals surface area contributed by atoms with Crippen LogP contribution in [0.1, 0.15) is 18.4 Å². The van der Waals surface area contributed by atoms with Crippen LogP contribution in [0, 0.1) is 5.92 Å². The van der Waals surface area contributed by atoms with Crippen LogP contribution in [0.3, 0.4) is 0 Å². The molecule has 3 heterocycles. The van der Waals surface area contributed by atoms with Crippen molar-refractivity contribution in [3.63, 3.8) is 0 Å². The molecule has 0 bridgehead atoms. The van der Waals surface area contributed by atoms with Crippen molar-refractivity contribution in [3.8, 4) is 0 Å². The largest absolute Gasteiger partial charge is 0.315 e. The molecule has 0 saturated carbocycles. The number of nitrogens with one attached hydrogen (secondary N) is 1. The minimum absolute atomic E-state index is 0.653. The van der Waals surface area contributed by atoms with E-state index in [1.54, 1.807) is 6.20 Å². The number of pyridine rings is 1. The summed E-state index contributed by atoms with van der Waals surface area (Å²) in [4.78, 5) is 6.72. The maximum atomic E-state index is 6.13. The second-order valence-corrected chi connectivity index (χ2v) is 5.41. The fraction of sp³-hybridized carbons (Fsp3) is 0.615. The van der Waals surface area contributed by atoms with Crippen molar-refractivity contribution in [2.75, 3.05) is 19.6 Å². The molecule has 2 unspecified atom stereocenters. The number of likely N-dealkylation sites (tertiary alicyclic amines) is 1. The van der Waals surface area contributed by atoms with Crippen molar-refractivity contribution in [1.29, 1.82) is 0 Å². The monoisotopic (exact) mass is 251 g/mol. The molecule has 1 aromatic heterocycles. The van der Waals surface area contributed by atoms with Crippen LogP contribution in [-0.4, -0.2) is 35.6 Å². The van der Waals surface area contributed by atoms with Gasteiger partial charge in [0.1, 0.15) is 5.15 Å². The van der Waals surface area contributed by atoms with Crippen LogP contribution in [0.15, 0.2) is 18.3 Å². The molecule has 2 aliphatic rings. The number of nitrogens with zero attached hydrogens (tertiary/aromatic N) is 2. The molecule has 2 fully saturated rings. The van der Waals surface area contributed by atoms with Crippen molar-refractivity contribution < 1.29 is 0 Å². The normalized spacial score (nSPS) is 29.2. The predicted octanol–water partition coefficient (Wildman–Crippen LogP) is 1.92. The van der Waals surface area contributed by atoms with Crippen molar-refractivity contribution in [2.45, 2.75) is 25.4 Å². The van der Waals surface area contributed by atoms with Gasteiger partial charge in [-0.1, -0.05) is 17.7 Å². The first-order valence-electron chi connectivity index (χ1n) is 6.39. The summed E-state index contributed by atoms with van der Waals surface area (Å²) in [5.74, 6) is 0.833. The van der Waals surface area contributed by atoms with Crippen LogP contribution in [0.5, 0.6) is 0 Å². The van der Waals surface area contributed by atoms with Crippen LogP contribution in [0.25, 0.3) is 0 Å². The molecule has 17 heavy (non-hydrogen) atoms. The molecule has 0 radical (unpaired) electrons. The lowest BCUT2D eigenvalue weighted by Crippen LogP contribution is -2.44. The van der Waals surface area contributed by atoms with Crippen LogP contribution >= 0.6 is 11.6 Å². The van der Waals surface area contributed by atoms with Gasteiger partial charge in [-0.25, -0.2) is 4.98 Å². The molecule has 0 amide bonds. The van der Waals surface area contributed by atoms with E-state index in [1.807, 2.05) is 6.07 Å². The number of rotatable bonds is 2. The van der Waals surface area contributed by atoms with E-state index in [0.29, 0.717) is 11.2 Å². The molecule has 3 nitrogen and oxygen atoms in total. The number of hydrogen-bond donors (Lipinski definition) is 1. The Morgan fingerprint density at radius 3 is 3.29 bits per heavy atom. The van der Waals surface area contributed by atoms with Gasteiger partial charge in [0.25, 0.3) is 0 Å².